The van der Waals surface area contributed by atoms with E-state index in [4.69, 9.17) is 5.73 Å². The van der Waals surface area contributed by atoms with E-state index in [1.54, 1.807) is 62.2 Å². The summed E-state index contributed by atoms with van der Waals surface area (Å²) in [5.41, 5.74) is 8.27. The first-order valence-corrected chi connectivity index (χ1v) is 35.9. The maximum atomic E-state index is 15.4. The van der Waals surface area contributed by atoms with Gasteiger partial charge in [0.1, 0.15) is 5.75 Å². The van der Waals surface area contributed by atoms with E-state index in [0.29, 0.717) is 29.5 Å². The van der Waals surface area contributed by atoms with Gasteiger partial charge in [-0.3, -0.25) is 77.1 Å². The summed E-state index contributed by atoms with van der Waals surface area (Å²) >= 11 is 0. The van der Waals surface area contributed by atoms with Crippen LogP contribution in [0.3, 0.4) is 0 Å². The molecule has 1 aromatic heterocycles. The third-order valence-electron chi connectivity index (χ3n) is 17.8. The third-order valence-corrected chi connectivity index (χ3v) is 20.3. The van der Waals surface area contributed by atoms with Crippen LogP contribution >= 0.6 is 21.6 Å². The number of nitrogens with one attached hydrogen (secondary N) is 5. The number of para-hydroxylation sites is 1. The molecule has 0 saturated carbocycles. The summed E-state index contributed by atoms with van der Waals surface area (Å²) in [6.07, 6.45) is -3.56. The van der Waals surface area contributed by atoms with Crippen LogP contribution in [0.25, 0.3) is 10.9 Å². The molecule has 2 aliphatic rings. The molecule has 2 aliphatic heterocycles. The van der Waals surface area contributed by atoms with Crippen molar-refractivity contribution in [2.24, 2.45) is 29.4 Å². The number of hydrogen-bond donors (Lipinski definition) is 13. The lowest BCUT2D eigenvalue weighted by molar-refractivity contribution is -0.148. The van der Waals surface area contributed by atoms with E-state index in [1.165, 1.54) is 38.1 Å². The average Bonchev–Trinajstić information content (AvgIpc) is 1.59. The molecule has 0 aliphatic carbocycles. The number of carboxylic acids is 4. The topological polar surface area (TPSA) is 449 Å². The van der Waals surface area contributed by atoms with Gasteiger partial charge >= 0.3 is 23.9 Å². The van der Waals surface area contributed by atoms with Gasteiger partial charge in [0.05, 0.1) is 80.3 Å². The minimum Gasteiger partial charge on any atom is -0.508 e. The zero-order valence-electron chi connectivity index (χ0n) is 56.2. The zero-order valence-corrected chi connectivity index (χ0v) is 57.9. The predicted octanol–water partition coefficient (Wildman–Crippen LogP) is 0.988. The van der Waals surface area contributed by atoms with Crippen molar-refractivity contribution in [3.8, 4) is 5.75 Å². The smallest absolute Gasteiger partial charge is 0.317 e. The van der Waals surface area contributed by atoms with Crippen molar-refractivity contribution in [2.75, 3.05) is 96.6 Å². The van der Waals surface area contributed by atoms with Crippen molar-refractivity contribution in [2.45, 2.75) is 114 Å². The molecular formula is C69H94N10O19S2. The molecule has 546 valence electrons. The van der Waals surface area contributed by atoms with E-state index in [0.717, 1.165) is 32.5 Å². The molecule has 100 heavy (non-hydrogen) atoms. The first-order valence-electron chi connectivity index (χ1n) is 33.4. The number of carboxylic acid groups (broad SMARTS) is 4. The van der Waals surface area contributed by atoms with Gasteiger partial charge in [0.25, 0.3) is 0 Å². The minimum absolute atomic E-state index is 0.0195. The number of ketones is 4. The zero-order chi connectivity index (χ0) is 73.0. The van der Waals surface area contributed by atoms with Gasteiger partial charge in [-0.25, -0.2) is 0 Å². The monoisotopic (exact) mass is 1430 g/mol. The molecule has 14 N–H and O–H groups in total. The number of phenols is 1. The van der Waals surface area contributed by atoms with Crippen LogP contribution in [0.4, 0.5) is 0 Å². The highest BCUT2D eigenvalue weighted by atomic mass is 33.1. The van der Waals surface area contributed by atoms with Crippen LogP contribution in [0.2, 0.25) is 0 Å². The molecule has 2 saturated heterocycles. The number of phenolic OH excluding ortho intramolecular Hbond substituents is 1. The van der Waals surface area contributed by atoms with Crippen LogP contribution in [0.1, 0.15) is 75.5 Å². The number of amides is 4. The second-order valence-electron chi connectivity index (χ2n) is 25.7. The van der Waals surface area contributed by atoms with Gasteiger partial charge in [-0.05, 0) is 93.8 Å². The number of carbonyl (C=O) groups excluding carboxylic acids is 8. The number of hydrogen-bond acceptors (Lipinski definition) is 22. The Labute approximate surface area is 587 Å². The molecule has 0 unspecified atom stereocenters. The second kappa shape index (κ2) is 40.9. The normalized spacial score (nSPS) is 22.1. The molecule has 3 aromatic carbocycles. The molecule has 4 aromatic rings. The number of aliphatic hydroxyl groups is 2. The minimum atomic E-state index is -1.63. The molecule has 10 atom stereocenters. The molecule has 4 amide bonds. The Morgan fingerprint density at radius 1 is 0.610 bits per heavy atom. The van der Waals surface area contributed by atoms with Gasteiger partial charge in [0.2, 0.25) is 23.6 Å². The quantitative estimate of drug-likeness (QED) is 0.0278. The number of benzene rings is 3. The van der Waals surface area contributed by atoms with Crippen LogP contribution in [-0.2, 0) is 76.8 Å². The van der Waals surface area contributed by atoms with E-state index in [2.05, 4.69) is 26.3 Å². The van der Waals surface area contributed by atoms with Gasteiger partial charge in [-0.2, -0.15) is 0 Å². The number of aliphatic carboxylic acids is 4. The maximum Gasteiger partial charge on any atom is 0.317 e. The van der Waals surface area contributed by atoms with Crippen molar-refractivity contribution in [3.05, 3.63) is 102 Å². The Morgan fingerprint density at radius 2 is 1.15 bits per heavy atom. The van der Waals surface area contributed by atoms with E-state index in [-0.39, 0.29) is 115 Å². The number of H-pyrrole nitrogens is 1. The predicted molar refractivity (Wildman–Crippen MR) is 372 cm³/mol. The molecule has 6 rings (SSSR count). The summed E-state index contributed by atoms with van der Waals surface area (Å²) in [6.45, 7) is 1.86. The number of rotatable bonds is 28. The number of nitrogens with two attached hydrogens (primary N) is 1. The largest absolute Gasteiger partial charge is 0.508 e. The molecule has 0 spiro atoms. The summed E-state index contributed by atoms with van der Waals surface area (Å²) in [7, 11) is 1.89. The molecule has 2 fully saturated rings. The number of fused-ring (bicyclic) bond motifs is 1. The maximum absolute atomic E-state index is 15.4. The summed E-state index contributed by atoms with van der Waals surface area (Å²) in [5, 5.41) is 83.2. The fourth-order valence-corrected chi connectivity index (χ4v) is 14.6. The molecule has 0 radical (unpaired) electrons. The third kappa shape index (κ3) is 27.1. The van der Waals surface area contributed by atoms with E-state index >= 15 is 19.2 Å². The van der Waals surface area contributed by atoms with Gasteiger partial charge < -0.3 is 67.7 Å². The summed E-state index contributed by atoms with van der Waals surface area (Å²) < 4.78 is 0. The molecule has 3 heterocycles. The van der Waals surface area contributed by atoms with Crippen molar-refractivity contribution >= 4 is 103 Å². The lowest BCUT2D eigenvalue weighted by Gasteiger charge is -2.33. The van der Waals surface area contributed by atoms with Crippen molar-refractivity contribution in [1.82, 2.24) is 45.9 Å². The van der Waals surface area contributed by atoms with Gasteiger partial charge in [0, 0.05) is 113 Å². The highest BCUT2D eigenvalue weighted by Gasteiger charge is 2.39. The van der Waals surface area contributed by atoms with Gasteiger partial charge in [-0.1, -0.05) is 82.3 Å². The van der Waals surface area contributed by atoms with Crippen LogP contribution in [0.15, 0.2) is 85.1 Å². The van der Waals surface area contributed by atoms with Crippen LogP contribution in [0.5, 0.6) is 5.75 Å². The van der Waals surface area contributed by atoms with E-state index in [1.807, 2.05) is 18.2 Å². The number of carbonyl (C=O) groups is 12. The van der Waals surface area contributed by atoms with Crippen molar-refractivity contribution in [1.29, 1.82) is 0 Å². The van der Waals surface area contributed by atoms with Crippen molar-refractivity contribution < 1.29 is 93.3 Å². The Hall–Kier alpha value is -8.14. The van der Waals surface area contributed by atoms with Gasteiger partial charge in [0.15, 0.2) is 23.1 Å². The number of nitrogens with zero attached hydrogens (tertiary/aromatic N) is 4. The Kier molecular flexibility index (Phi) is 33.1. The van der Waals surface area contributed by atoms with E-state index in [9.17, 15) is 74.1 Å². The molecule has 0 bridgehead atoms. The molecular weight excluding hydrogens is 1340 g/mol. The fraction of sp³-hybridized carbons (Fsp3) is 0.536. The fourth-order valence-electron chi connectivity index (χ4n) is 12.0. The number of unbranched alkanes of at least 4 members (excludes halogenated alkanes) is 1. The summed E-state index contributed by atoms with van der Waals surface area (Å²) in [6, 6.07) is 16.1. The van der Waals surface area contributed by atoms with Crippen molar-refractivity contribution in [3.63, 3.8) is 0 Å². The SMILES string of the molecule is C[C@@H](O)[C@H](CC(=O)[C@@H]1CSSC[C@H](CC(=O)[C@@H](Cc2ccccc2)NC(=O)CN2CCN(CC(=O)O)CCN(CC(=O)O)CCN(CC(=O)O)CC2)C(=O)N[C@@H](Cc2ccc(O)cc2)C(=O)C[C@H](Cc2c[nH]c3ccccc23)C(=O)N[C@@H](CCCCN)C(=O)C[C@@H]([C@@H](C)O)C(=O)N1)C(=O)O. The first-order chi connectivity index (χ1) is 47.7. The number of Topliss-reactive ketones (excluding diaryl/α,β-unsaturated/α-hetero) is 4. The first kappa shape index (κ1) is 80.8. The average molecular weight is 1430 g/mol. The highest BCUT2D eigenvalue weighted by molar-refractivity contribution is 8.76. The Bertz CT molecular complexity index is 3400. The lowest BCUT2D eigenvalue weighted by Crippen LogP contribution is -2.52. The summed E-state index contributed by atoms with van der Waals surface area (Å²) in [4.78, 5) is 177. The number of aromatic hydroxyl groups is 1. The number of aromatic amines is 1. The van der Waals surface area contributed by atoms with Crippen LogP contribution in [-0.4, -0.2) is 264 Å². The Morgan fingerprint density at radius 3 is 1.71 bits per heavy atom. The van der Waals surface area contributed by atoms with Gasteiger partial charge in [-0.15, -0.1) is 0 Å². The van der Waals surface area contributed by atoms with Crippen LogP contribution in [0, 0.1) is 23.7 Å². The van der Waals surface area contributed by atoms with Crippen LogP contribution < -0.4 is 27.0 Å². The highest BCUT2D eigenvalue weighted by Crippen LogP contribution is 2.30. The molecule has 29 nitrogen and oxygen atoms in total. The Balaban J connectivity index is 1.41. The lowest BCUT2D eigenvalue weighted by atomic mass is 9.87. The number of aromatic nitrogens is 1. The summed E-state index contributed by atoms with van der Waals surface area (Å²) in [5.74, 6) is -17.5. The van der Waals surface area contributed by atoms with E-state index < -0.39 is 169 Å². The standard InChI is InChI=1S/C69H94N10O19S2/c1-42(80)51-33-60(85)54(14-8-9-19-70)73-66(94)46(30-47-35-71-53-13-7-6-12-50(47)53)31-58(83)56(29-45-15-17-49(82)18-16-45)74-67(95)48(40-99-100-41-57(75-68(51)96)61(86)34-52(43(2)81)69(97)98)32-59(84)55(28-44-10-4-3-5-11-44)72-62(87)36-76-20-22-77(37-63(88)89)24-26-79(39-65(92)93)27-25-78(23-21-76)38-64(90)91/h3-7,10-13,15-18,35,42-43,46,48,51-52,54-57,71,80-82H,8-9,14,19-34,36-41,70H2,1-2H3,(H,72,87)(H,73,94)(H,74,95)(H,75,96)(H,88,89)(H,90,91)(H,92,93)(H,97,98)/t42-,43-,46+,48+,51+,52+,54+,55-,56+,57+/m1/s1. The molecule has 31 heteroatoms. The number of aliphatic hydroxyl groups excluding tert-OH is 2. The second-order valence-corrected chi connectivity index (χ2v) is 28.2.